The highest BCUT2D eigenvalue weighted by Crippen LogP contribution is 2.20. The Kier molecular flexibility index (Phi) is 1.69. The largest absolute Gasteiger partial charge is 0.287 e. The SMILES string of the molecule is Brc1cc(Br)c2nncn2c1. The summed E-state index contributed by atoms with van der Waals surface area (Å²) in [5.41, 5.74) is 0.827. The van der Waals surface area contributed by atoms with Crippen LogP contribution in [0.5, 0.6) is 0 Å². The Labute approximate surface area is 79.7 Å². The maximum atomic E-state index is 3.90. The van der Waals surface area contributed by atoms with E-state index in [0.29, 0.717) is 0 Å². The van der Waals surface area contributed by atoms with Gasteiger partial charge in [-0.3, -0.25) is 4.40 Å². The molecule has 0 saturated carbocycles. The van der Waals surface area contributed by atoms with Gasteiger partial charge in [0.2, 0.25) is 0 Å². The fraction of sp³-hybridized carbons (Fsp3) is 0. The molecule has 2 aromatic heterocycles. The van der Waals surface area contributed by atoms with E-state index in [2.05, 4.69) is 42.1 Å². The van der Waals surface area contributed by atoms with Gasteiger partial charge in [-0.05, 0) is 37.9 Å². The topological polar surface area (TPSA) is 30.2 Å². The summed E-state index contributed by atoms with van der Waals surface area (Å²) in [6.07, 6.45) is 3.56. The van der Waals surface area contributed by atoms with Crippen molar-refractivity contribution in [3.63, 3.8) is 0 Å². The average Bonchev–Trinajstić information content (AvgIpc) is 2.34. The first-order valence-electron chi connectivity index (χ1n) is 2.92. The summed E-state index contributed by atoms with van der Waals surface area (Å²) in [6.45, 7) is 0. The van der Waals surface area contributed by atoms with E-state index in [1.54, 1.807) is 6.33 Å². The highest BCUT2D eigenvalue weighted by molar-refractivity contribution is 9.11. The molecule has 0 N–H and O–H groups in total. The van der Waals surface area contributed by atoms with Crippen molar-refractivity contribution >= 4 is 37.5 Å². The van der Waals surface area contributed by atoms with E-state index >= 15 is 0 Å². The molecule has 0 fully saturated rings. The van der Waals surface area contributed by atoms with Gasteiger partial charge in [0.15, 0.2) is 5.65 Å². The van der Waals surface area contributed by atoms with Crippen molar-refractivity contribution in [3.8, 4) is 0 Å². The van der Waals surface area contributed by atoms with Gasteiger partial charge in [0.1, 0.15) is 6.33 Å². The third-order valence-electron chi connectivity index (χ3n) is 1.31. The van der Waals surface area contributed by atoms with Crippen molar-refractivity contribution in [2.45, 2.75) is 0 Å². The van der Waals surface area contributed by atoms with Crippen LogP contribution in [0.15, 0.2) is 27.5 Å². The maximum Gasteiger partial charge on any atom is 0.174 e. The molecule has 5 heteroatoms. The van der Waals surface area contributed by atoms with E-state index in [-0.39, 0.29) is 0 Å². The van der Waals surface area contributed by atoms with Crippen molar-refractivity contribution < 1.29 is 0 Å². The van der Waals surface area contributed by atoms with Gasteiger partial charge >= 0.3 is 0 Å². The predicted molar refractivity (Wildman–Crippen MR) is 48.4 cm³/mol. The minimum Gasteiger partial charge on any atom is -0.287 e. The summed E-state index contributed by atoms with van der Waals surface area (Å²) < 4.78 is 3.77. The minimum atomic E-state index is 0.827. The minimum absolute atomic E-state index is 0.827. The van der Waals surface area contributed by atoms with Crippen LogP contribution in [0.4, 0.5) is 0 Å². The van der Waals surface area contributed by atoms with E-state index in [4.69, 9.17) is 0 Å². The summed E-state index contributed by atoms with van der Waals surface area (Å²) >= 11 is 6.74. The second-order valence-corrected chi connectivity index (χ2v) is 3.84. The van der Waals surface area contributed by atoms with Crippen molar-refractivity contribution in [2.75, 3.05) is 0 Å². The molecule has 0 aromatic carbocycles. The first-order chi connectivity index (χ1) is 5.27. The fourth-order valence-electron chi connectivity index (χ4n) is 0.864. The molecule has 0 bridgehead atoms. The first-order valence-corrected chi connectivity index (χ1v) is 4.50. The van der Waals surface area contributed by atoms with Gasteiger partial charge in [-0.15, -0.1) is 10.2 Å². The molecule has 0 amide bonds. The molecule has 3 nitrogen and oxygen atoms in total. The summed E-state index contributed by atoms with van der Waals surface area (Å²) in [5, 5.41) is 7.67. The Bertz CT molecular complexity index is 396. The molecule has 0 aliphatic carbocycles. The number of pyridine rings is 1. The third kappa shape index (κ3) is 1.18. The zero-order valence-electron chi connectivity index (χ0n) is 5.33. The Balaban J connectivity index is 2.91. The lowest BCUT2D eigenvalue weighted by molar-refractivity contribution is 1.10. The standard InChI is InChI=1S/C6H3Br2N3/c7-4-1-5(8)6-10-9-3-11(6)2-4/h1-3H. The van der Waals surface area contributed by atoms with Crippen LogP contribution in [0.25, 0.3) is 5.65 Å². The lowest BCUT2D eigenvalue weighted by Gasteiger charge is -1.95. The van der Waals surface area contributed by atoms with Crippen LogP contribution in [0.2, 0.25) is 0 Å². The predicted octanol–water partition coefficient (Wildman–Crippen LogP) is 2.25. The van der Waals surface area contributed by atoms with Gasteiger partial charge in [-0.2, -0.15) is 0 Å². The van der Waals surface area contributed by atoms with Crippen LogP contribution >= 0.6 is 31.9 Å². The molecule has 2 heterocycles. The Morgan fingerprint density at radius 1 is 1.36 bits per heavy atom. The molecule has 0 unspecified atom stereocenters. The van der Waals surface area contributed by atoms with Crippen LogP contribution in [0.1, 0.15) is 0 Å². The summed E-state index contributed by atoms with van der Waals surface area (Å²) in [4.78, 5) is 0. The van der Waals surface area contributed by atoms with Gasteiger partial charge in [-0.1, -0.05) is 0 Å². The molecular formula is C6H3Br2N3. The summed E-state index contributed by atoms with van der Waals surface area (Å²) in [5.74, 6) is 0. The second kappa shape index (κ2) is 2.57. The van der Waals surface area contributed by atoms with E-state index in [1.807, 2.05) is 16.7 Å². The molecule has 0 saturated heterocycles. The molecule has 2 aromatic rings. The summed E-state index contributed by atoms with van der Waals surface area (Å²) in [7, 11) is 0. The first kappa shape index (κ1) is 7.24. The molecule has 0 spiro atoms. The van der Waals surface area contributed by atoms with Crippen LogP contribution in [-0.2, 0) is 0 Å². The van der Waals surface area contributed by atoms with Crippen molar-refractivity contribution in [1.29, 1.82) is 0 Å². The third-order valence-corrected chi connectivity index (χ3v) is 2.33. The van der Waals surface area contributed by atoms with Gasteiger partial charge < -0.3 is 0 Å². The number of rotatable bonds is 0. The van der Waals surface area contributed by atoms with Crippen molar-refractivity contribution in [3.05, 3.63) is 27.5 Å². The van der Waals surface area contributed by atoms with Crippen molar-refractivity contribution in [1.82, 2.24) is 14.6 Å². The molecular weight excluding hydrogens is 274 g/mol. The lowest BCUT2D eigenvalue weighted by atomic mass is 10.5. The Morgan fingerprint density at radius 3 is 3.00 bits per heavy atom. The molecule has 0 aliphatic rings. The number of hydrogen-bond donors (Lipinski definition) is 0. The highest BCUT2D eigenvalue weighted by atomic mass is 79.9. The Hall–Kier alpha value is -0.420. The smallest absolute Gasteiger partial charge is 0.174 e. The molecule has 56 valence electrons. The number of fused-ring (bicyclic) bond motifs is 1. The van der Waals surface area contributed by atoms with Crippen LogP contribution < -0.4 is 0 Å². The number of hydrogen-bond acceptors (Lipinski definition) is 2. The quantitative estimate of drug-likeness (QED) is 0.739. The van der Waals surface area contributed by atoms with Gasteiger partial charge in [0.05, 0.1) is 4.47 Å². The molecule has 11 heavy (non-hydrogen) atoms. The number of halogens is 2. The molecule has 0 aliphatic heterocycles. The Morgan fingerprint density at radius 2 is 2.18 bits per heavy atom. The van der Waals surface area contributed by atoms with Gasteiger partial charge in [0, 0.05) is 10.7 Å². The van der Waals surface area contributed by atoms with Crippen molar-refractivity contribution in [2.24, 2.45) is 0 Å². The molecule has 0 atom stereocenters. The van der Waals surface area contributed by atoms with Crippen LogP contribution in [0.3, 0.4) is 0 Å². The highest BCUT2D eigenvalue weighted by Gasteiger charge is 2.00. The van der Waals surface area contributed by atoms with E-state index in [9.17, 15) is 0 Å². The average molecular weight is 277 g/mol. The zero-order valence-corrected chi connectivity index (χ0v) is 8.50. The number of aromatic nitrogens is 3. The van der Waals surface area contributed by atoms with Crippen LogP contribution in [-0.4, -0.2) is 14.6 Å². The van der Waals surface area contributed by atoms with E-state index in [1.165, 1.54) is 0 Å². The molecule has 0 radical (unpaired) electrons. The zero-order chi connectivity index (χ0) is 7.84. The monoisotopic (exact) mass is 275 g/mol. The number of nitrogens with zero attached hydrogens (tertiary/aromatic N) is 3. The second-order valence-electron chi connectivity index (χ2n) is 2.07. The van der Waals surface area contributed by atoms with Crippen LogP contribution in [0, 0.1) is 0 Å². The normalized spacial score (nSPS) is 10.7. The van der Waals surface area contributed by atoms with E-state index in [0.717, 1.165) is 14.6 Å². The fourth-order valence-corrected chi connectivity index (χ4v) is 2.15. The van der Waals surface area contributed by atoms with Gasteiger partial charge in [0.25, 0.3) is 0 Å². The summed E-state index contributed by atoms with van der Waals surface area (Å²) in [6, 6.07) is 1.93. The maximum absolute atomic E-state index is 3.90. The lowest BCUT2D eigenvalue weighted by Crippen LogP contribution is -1.83. The van der Waals surface area contributed by atoms with E-state index < -0.39 is 0 Å². The van der Waals surface area contributed by atoms with Gasteiger partial charge in [-0.25, -0.2) is 0 Å². The molecule has 2 rings (SSSR count).